The monoisotopic (exact) mass is 357 g/mol. The van der Waals surface area contributed by atoms with Gasteiger partial charge in [0.25, 0.3) is 5.56 Å². The molecule has 1 aromatic carbocycles. The number of anilines is 1. The number of fused-ring (bicyclic) bond motifs is 1. The molecule has 1 N–H and O–H groups in total. The average molecular weight is 358 g/mol. The molecule has 1 amide bonds. The number of aromatic nitrogens is 2. The zero-order chi connectivity index (χ0) is 18.0. The number of rotatable bonds is 4. The van der Waals surface area contributed by atoms with Crippen LogP contribution in [-0.4, -0.2) is 22.4 Å². The molecule has 6 nitrogen and oxygen atoms in total. The van der Waals surface area contributed by atoms with Crippen molar-refractivity contribution in [1.29, 1.82) is 0 Å². The van der Waals surface area contributed by atoms with E-state index in [1.165, 1.54) is 10.6 Å². The molecule has 0 bridgehead atoms. The maximum atomic E-state index is 12.6. The molecule has 2 heterocycles. The van der Waals surface area contributed by atoms with Gasteiger partial charge in [0, 0.05) is 6.20 Å². The molecule has 3 aromatic rings. The highest BCUT2D eigenvalue weighted by Crippen LogP contribution is 2.14. The van der Waals surface area contributed by atoms with E-state index in [-0.39, 0.29) is 23.6 Å². The summed E-state index contributed by atoms with van der Waals surface area (Å²) in [6.45, 7) is 1.68. The quantitative estimate of drug-likeness (QED) is 0.779. The molecule has 3 rings (SSSR count). The molecule has 0 saturated carbocycles. The first-order valence-electron chi connectivity index (χ1n) is 7.59. The fraction of sp³-hybridized carbons (Fsp3) is 0.167. The Morgan fingerprint density at radius 2 is 1.96 bits per heavy atom. The van der Waals surface area contributed by atoms with Gasteiger partial charge in [-0.3, -0.25) is 14.0 Å². The lowest BCUT2D eigenvalue weighted by Crippen LogP contribution is -2.25. The van der Waals surface area contributed by atoms with Crippen LogP contribution in [-0.2, 0) is 11.2 Å². The Balaban J connectivity index is 1.86. The Morgan fingerprint density at radius 1 is 1.24 bits per heavy atom. The third-order valence-corrected chi connectivity index (χ3v) is 3.98. The predicted molar refractivity (Wildman–Crippen MR) is 96.5 cm³/mol. The zero-order valence-electron chi connectivity index (χ0n) is 13.7. The lowest BCUT2D eigenvalue weighted by atomic mass is 10.1. The number of hydrogen-bond donors (Lipinski definition) is 1. The summed E-state index contributed by atoms with van der Waals surface area (Å²) in [5, 5.41) is 3.07. The van der Waals surface area contributed by atoms with Crippen molar-refractivity contribution in [2.24, 2.45) is 0 Å². The standard InChI is InChI=1S/C18H16ClN3O3/c1-11-17(18(24)22-10-13(19)5-8-15(22)20-11)21-16(23)9-12-3-6-14(25-2)7-4-12/h3-8,10H,9H2,1-2H3,(H,21,23). The molecule has 128 valence electrons. The Morgan fingerprint density at radius 3 is 2.64 bits per heavy atom. The number of halogens is 1. The number of ether oxygens (including phenoxy) is 1. The molecule has 0 saturated heterocycles. The molecule has 25 heavy (non-hydrogen) atoms. The van der Waals surface area contributed by atoms with Crippen LogP contribution in [0.2, 0.25) is 5.02 Å². The highest BCUT2D eigenvalue weighted by molar-refractivity contribution is 6.30. The number of methoxy groups -OCH3 is 1. The summed E-state index contributed by atoms with van der Waals surface area (Å²) in [6, 6.07) is 10.5. The van der Waals surface area contributed by atoms with Crippen LogP contribution in [0.1, 0.15) is 11.3 Å². The largest absolute Gasteiger partial charge is 0.497 e. The number of benzene rings is 1. The molecule has 0 aliphatic carbocycles. The summed E-state index contributed by atoms with van der Waals surface area (Å²) in [6.07, 6.45) is 1.62. The summed E-state index contributed by atoms with van der Waals surface area (Å²) in [5.74, 6) is 0.419. The lowest BCUT2D eigenvalue weighted by molar-refractivity contribution is -0.115. The van der Waals surface area contributed by atoms with Crippen molar-refractivity contribution in [2.45, 2.75) is 13.3 Å². The maximum Gasteiger partial charge on any atom is 0.281 e. The van der Waals surface area contributed by atoms with Crippen LogP contribution in [0.25, 0.3) is 5.65 Å². The minimum absolute atomic E-state index is 0.140. The molecule has 0 spiro atoms. The average Bonchev–Trinajstić information content (AvgIpc) is 2.60. The molecule has 0 radical (unpaired) electrons. The van der Waals surface area contributed by atoms with E-state index in [4.69, 9.17) is 16.3 Å². The maximum absolute atomic E-state index is 12.6. The fourth-order valence-corrected chi connectivity index (χ4v) is 2.64. The van der Waals surface area contributed by atoms with Gasteiger partial charge in [0.15, 0.2) is 0 Å². The number of nitrogens with zero attached hydrogens (tertiary/aromatic N) is 2. The molecule has 0 unspecified atom stereocenters. The summed E-state index contributed by atoms with van der Waals surface area (Å²) in [4.78, 5) is 29.2. The Hall–Kier alpha value is -2.86. The van der Waals surface area contributed by atoms with Crippen LogP contribution in [0.15, 0.2) is 47.4 Å². The van der Waals surface area contributed by atoms with Gasteiger partial charge in [-0.15, -0.1) is 0 Å². The minimum atomic E-state index is -0.368. The molecular weight excluding hydrogens is 342 g/mol. The van der Waals surface area contributed by atoms with E-state index < -0.39 is 0 Å². The third-order valence-electron chi connectivity index (χ3n) is 3.76. The van der Waals surface area contributed by atoms with Gasteiger partial charge in [0.05, 0.1) is 24.2 Å². The van der Waals surface area contributed by atoms with Crippen molar-refractivity contribution in [3.05, 3.63) is 69.2 Å². The molecule has 7 heteroatoms. The smallest absolute Gasteiger partial charge is 0.281 e. The molecular formula is C18H16ClN3O3. The Kier molecular flexibility index (Phi) is 4.72. The van der Waals surface area contributed by atoms with Gasteiger partial charge >= 0.3 is 0 Å². The second kappa shape index (κ2) is 6.94. The van der Waals surface area contributed by atoms with Gasteiger partial charge < -0.3 is 10.1 Å². The number of pyridine rings is 1. The van der Waals surface area contributed by atoms with Crippen LogP contribution in [0.3, 0.4) is 0 Å². The molecule has 0 fully saturated rings. The van der Waals surface area contributed by atoms with Crippen molar-refractivity contribution in [2.75, 3.05) is 12.4 Å². The Labute approximate surface area is 149 Å². The van der Waals surface area contributed by atoms with Gasteiger partial charge in [-0.1, -0.05) is 23.7 Å². The number of carbonyl (C=O) groups excluding carboxylic acids is 1. The van der Waals surface area contributed by atoms with E-state index in [1.54, 1.807) is 50.4 Å². The van der Waals surface area contributed by atoms with Crippen molar-refractivity contribution >= 4 is 28.8 Å². The second-order valence-corrected chi connectivity index (χ2v) is 5.96. The highest BCUT2D eigenvalue weighted by Gasteiger charge is 2.13. The minimum Gasteiger partial charge on any atom is -0.497 e. The molecule has 0 aliphatic heterocycles. The molecule has 2 aromatic heterocycles. The first-order valence-corrected chi connectivity index (χ1v) is 7.97. The number of carbonyl (C=O) groups is 1. The number of amides is 1. The van der Waals surface area contributed by atoms with Crippen LogP contribution in [0.4, 0.5) is 5.69 Å². The zero-order valence-corrected chi connectivity index (χ0v) is 14.5. The van der Waals surface area contributed by atoms with Gasteiger partial charge in [-0.2, -0.15) is 0 Å². The van der Waals surface area contributed by atoms with Gasteiger partial charge in [-0.25, -0.2) is 4.98 Å². The number of aryl methyl sites for hydroxylation is 1. The SMILES string of the molecule is COc1ccc(CC(=O)Nc2c(C)nc3ccc(Cl)cn3c2=O)cc1. The van der Waals surface area contributed by atoms with Crippen LogP contribution >= 0.6 is 11.6 Å². The van der Waals surface area contributed by atoms with E-state index in [1.807, 2.05) is 0 Å². The predicted octanol–water partition coefficient (Wildman–Crippen LogP) is 2.85. The summed E-state index contributed by atoms with van der Waals surface area (Å²) >= 11 is 5.94. The number of nitrogens with one attached hydrogen (secondary N) is 1. The Bertz CT molecular complexity index is 997. The van der Waals surface area contributed by atoms with Crippen LogP contribution < -0.4 is 15.6 Å². The van der Waals surface area contributed by atoms with E-state index in [0.29, 0.717) is 22.1 Å². The van der Waals surface area contributed by atoms with Crippen molar-refractivity contribution in [1.82, 2.24) is 9.38 Å². The van der Waals surface area contributed by atoms with Gasteiger partial charge in [0.2, 0.25) is 5.91 Å². The van der Waals surface area contributed by atoms with E-state index in [2.05, 4.69) is 10.3 Å². The van der Waals surface area contributed by atoms with Crippen molar-refractivity contribution in [3.63, 3.8) is 0 Å². The fourth-order valence-electron chi connectivity index (χ4n) is 2.48. The van der Waals surface area contributed by atoms with Crippen molar-refractivity contribution in [3.8, 4) is 5.75 Å². The second-order valence-electron chi connectivity index (χ2n) is 5.53. The molecule has 0 aliphatic rings. The van der Waals surface area contributed by atoms with Crippen LogP contribution in [0.5, 0.6) is 5.75 Å². The van der Waals surface area contributed by atoms with Crippen LogP contribution in [0, 0.1) is 6.92 Å². The number of hydrogen-bond acceptors (Lipinski definition) is 4. The first-order chi connectivity index (χ1) is 12.0. The lowest BCUT2D eigenvalue weighted by Gasteiger charge is -2.10. The third kappa shape index (κ3) is 3.64. The van der Waals surface area contributed by atoms with E-state index >= 15 is 0 Å². The normalized spacial score (nSPS) is 10.7. The topological polar surface area (TPSA) is 72.7 Å². The van der Waals surface area contributed by atoms with Gasteiger partial charge in [0.1, 0.15) is 17.1 Å². The molecule has 0 atom stereocenters. The van der Waals surface area contributed by atoms with Crippen molar-refractivity contribution < 1.29 is 9.53 Å². The van der Waals surface area contributed by atoms with E-state index in [0.717, 1.165) is 5.56 Å². The van der Waals surface area contributed by atoms with E-state index in [9.17, 15) is 9.59 Å². The summed E-state index contributed by atoms with van der Waals surface area (Å²) in [7, 11) is 1.58. The summed E-state index contributed by atoms with van der Waals surface area (Å²) in [5.41, 5.74) is 1.52. The van der Waals surface area contributed by atoms with Gasteiger partial charge in [-0.05, 0) is 36.8 Å². The first kappa shape index (κ1) is 17.0. The summed E-state index contributed by atoms with van der Waals surface area (Å²) < 4.78 is 6.41. The highest BCUT2D eigenvalue weighted by atomic mass is 35.5.